The van der Waals surface area contributed by atoms with Crippen LogP contribution in [0.2, 0.25) is 5.02 Å². The van der Waals surface area contributed by atoms with Crippen LogP contribution in [0.25, 0.3) is 0 Å². The lowest BCUT2D eigenvalue weighted by molar-refractivity contribution is 0.211. The lowest BCUT2D eigenvalue weighted by Gasteiger charge is -2.39. The molecule has 0 saturated carbocycles. The SMILES string of the molecule is Clc1ccc(COc2nsnc2N2CCN(C(c3ccccc3)c3ccccc3)CC2)cc1. The second-order valence-corrected chi connectivity index (χ2v) is 9.02. The summed E-state index contributed by atoms with van der Waals surface area (Å²) in [6.07, 6.45) is 0. The first-order valence-electron chi connectivity index (χ1n) is 11.1. The summed E-state index contributed by atoms with van der Waals surface area (Å²) in [4.78, 5) is 4.83. The topological polar surface area (TPSA) is 41.5 Å². The highest BCUT2D eigenvalue weighted by molar-refractivity contribution is 6.99. The Kier molecular flexibility index (Phi) is 6.86. The lowest BCUT2D eigenvalue weighted by atomic mass is 9.96. The number of hydrogen-bond acceptors (Lipinski definition) is 6. The van der Waals surface area contributed by atoms with E-state index in [0.29, 0.717) is 12.5 Å². The van der Waals surface area contributed by atoms with Crippen LogP contribution in [0.4, 0.5) is 5.82 Å². The largest absolute Gasteiger partial charge is 0.470 e. The quantitative estimate of drug-likeness (QED) is 0.343. The van der Waals surface area contributed by atoms with E-state index >= 15 is 0 Å². The van der Waals surface area contributed by atoms with E-state index in [0.717, 1.165) is 42.6 Å². The Hall–Kier alpha value is -2.93. The third-order valence-electron chi connectivity index (χ3n) is 5.94. The summed E-state index contributed by atoms with van der Waals surface area (Å²) in [5.41, 5.74) is 3.69. The van der Waals surface area contributed by atoms with Gasteiger partial charge in [0.2, 0.25) is 5.82 Å². The summed E-state index contributed by atoms with van der Waals surface area (Å²) in [7, 11) is 0. The Bertz CT molecular complexity index is 1110. The molecule has 7 heteroatoms. The summed E-state index contributed by atoms with van der Waals surface area (Å²) >= 11 is 7.18. The zero-order valence-corrected chi connectivity index (χ0v) is 19.8. The first-order valence-corrected chi connectivity index (χ1v) is 12.2. The van der Waals surface area contributed by atoms with Crippen LogP contribution in [-0.2, 0) is 6.61 Å². The number of benzene rings is 3. The molecule has 5 nitrogen and oxygen atoms in total. The zero-order valence-electron chi connectivity index (χ0n) is 18.2. The molecule has 0 N–H and O–H groups in total. The highest BCUT2D eigenvalue weighted by atomic mass is 35.5. The molecule has 0 atom stereocenters. The first kappa shape index (κ1) is 21.9. The van der Waals surface area contributed by atoms with Crippen molar-refractivity contribution in [1.29, 1.82) is 0 Å². The van der Waals surface area contributed by atoms with Crippen molar-refractivity contribution in [3.05, 3.63) is 107 Å². The standard InChI is InChI=1S/C26H25ClN4OS/c27-23-13-11-20(12-14-23)19-32-26-25(28-33-29-26)31-17-15-30(16-18-31)24(21-7-3-1-4-8-21)22-9-5-2-6-10-22/h1-14,24H,15-19H2. The first-order chi connectivity index (χ1) is 16.3. The van der Waals surface area contributed by atoms with Crippen molar-refractivity contribution in [2.75, 3.05) is 31.1 Å². The van der Waals surface area contributed by atoms with E-state index in [2.05, 4.69) is 79.2 Å². The third kappa shape index (κ3) is 5.19. The Morgan fingerprint density at radius 3 is 2.00 bits per heavy atom. The highest BCUT2D eigenvalue weighted by Crippen LogP contribution is 2.32. The predicted molar refractivity (Wildman–Crippen MR) is 134 cm³/mol. The van der Waals surface area contributed by atoms with Crippen molar-refractivity contribution in [3.63, 3.8) is 0 Å². The summed E-state index contributed by atoms with van der Waals surface area (Å²) in [6.45, 7) is 4.06. The zero-order chi connectivity index (χ0) is 22.5. The van der Waals surface area contributed by atoms with Gasteiger partial charge in [0.15, 0.2) is 0 Å². The minimum absolute atomic E-state index is 0.240. The second-order valence-electron chi connectivity index (χ2n) is 8.06. The van der Waals surface area contributed by atoms with Crippen LogP contribution in [0.3, 0.4) is 0 Å². The number of hydrogen-bond donors (Lipinski definition) is 0. The summed E-state index contributed by atoms with van der Waals surface area (Å²) < 4.78 is 15.0. The van der Waals surface area contributed by atoms with E-state index in [1.54, 1.807) is 0 Å². The maximum absolute atomic E-state index is 6.01. The number of piperazine rings is 1. The van der Waals surface area contributed by atoms with Gasteiger partial charge in [-0.2, -0.15) is 4.37 Å². The lowest BCUT2D eigenvalue weighted by Crippen LogP contribution is -2.48. The third-order valence-corrected chi connectivity index (χ3v) is 6.69. The second kappa shape index (κ2) is 10.3. The Morgan fingerprint density at radius 2 is 1.39 bits per heavy atom. The molecule has 1 aromatic heterocycles. The smallest absolute Gasteiger partial charge is 0.271 e. The van der Waals surface area contributed by atoms with E-state index in [9.17, 15) is 0 Å². The number of ether oxygens (including phenoxy) is 1. The fourth-order valence-corrected chi connectivity index (χ4v) is 4.92. The van der Waals surface area contributed by atoms with Gasteiger partial charge in [-0.25, -0.2) is 0 Å². The normalized spacial score (nSPS) is 14.5. The van der Waals surface area contributed by atoms with Gasteiger partial charge >= 0.3 is 0 Å². The van der Waals surface area contributed by atoms with Crippen LogP contribution in [0.5, 0.6) is 5.88 Å². The van der Waals surface area contributed by atoms with Gasteiger partial charge in [-0.1, -0.05) is 84.4 Å². The molecule has 1 saturated heterocycles. The van der Waals surface area contributed by atoms with Gasteiger partial charge in [-0.05, 0) is 28.8 Å². The van der Waals surface area contributed by atoms with Crippen LogP contribution in [-0.4, -0.2) is 39.8 Å². The Labute approximate surface area is 203 Å². The minimum atomic E-state index is 0.240. The van der Waals surface area contributed by atoms with Gasteiger partial charge in [0.1, 0.15) is 6.61 Å². The predicted octanol–water partition coefficient (Wildman–Crippen LogP) is 5.68. The average molecular weight is 477 g/mol. The maximum atomic E-state index is 6.01. The molecule has 4 aromatic rings. The van der Waals surface area contributed by atoms with Gasteiger partial charge in [0, 0.05) is 31.2 Å². The molecule has 2 heterocycles. The monoisotopic (exact) mass is 476 g/mol. The number of anilines is 1. The van der Waals surface area contributed by atoms with E-state index in [1.165, 1.54) is 22.9 Å². The fourth-order valence-electron chi connectivity index (χ4n) is 4.27. The number of rotatable bonds is 7. The van der Waals surface area contributed by atoms with Crippen molar-refractivity contribution in [3.8, 4) is 5.88 Å². The molecule has 1 fully saturated rings. The summed E-state index contributed by atoms with van der Waals surface area (Å²) in [5, 5.41) is 0.719. The van der Waals surface area contributed by atoms with Crippen molar-refractivity contribution in [2.24, 2.45) is 0 Å². The van der Waals surface area contributed by atoms with Gasteiger partial charge in [-0.3, -0.25) is 4.90 Å². The molecule has 1 aliphatic rings. The molecule has 33 heavy (non-hydrogen) atoms. The number of halogens is 1. The van der Waals surface area contributed by atoms with Crippen molar-refractivity contribution in [2.45, 2.75) is 12.6 Å². The molecule has 0 aliphatic carbocycles. The molecule has 0 radical (unpaired) electrons. The Morgan fingerprint density at radius 1 is 0.788 bits per heavy atom. The van der Waals surface area contributed by atoms with Gasteiger partial charge < -0.3 is 9.64 Å². The van der Waals surface area contributed by atoms with E-state index < -0.39 is 0 Å². The molecule has 5 rings (SSSR count). The fraction of sp³-hybridized carbons (Fsp3) is 0.231. The molecule has 1 aliphatic heterocycles. The maximum Gasteiger partial charge on any atom is 0.271 e. The van der Waals surface area contributed by atoms with E-state index in [-0.39, 0.29) is 6.04 Å². The van der Waals surface area contributed by atoms with Crippen LogP contribution in [0.1, 0.15) is 22.7 Å². The molecule has 0 bridgehead atoms. The molecule has 3 aromatic carbocycles. The van der Waals surface area contributed by atoms with Crippen molar-refractivity contribution < 1.29 is 4.74 Å². The average Bonchev–Trinajstić information content (AvgIpc) is 3.34. The van der Waals surface area contributed by atoms with Gasteiger partial charge in [0.25, 0.3) is 5.88 Å². The van der Waals surface area contributed by atoms with E-state index in [4.69, 9.17) is 16.3 Å². The minimum Gasteiger partial charge on any atom is -0.470 e. The summed E-state index contributed by atoms with van der Waals surface area (Å²) in [6, 6.07) is 29.4. The van der Waals surface area contributed by atoms with Crippen LogP contribution in [0.15, 0.2) is 84.9 Å². The van der Waals surface area contributed by atoms with Gasteiger partial charge in [0.05, 0.1) is 17.8 Å². The molecule has 0 unspecified atom stereocenters. The van der Waals surface area contributed by atoms with Gasteiger partial charge in [-0.15, -0.1) is 4.37 Å². The summed E-state index contributed by atoms with van der Waals surface area (Å²) in [5.74, 6) is 1.44. The molecular formula is C26H25ClN4OS. The Balaban J connectivity index is 1.27. The molecule has 168 valence electrons. The molecule has 0 spiro atoms. The van der Waals surface area contributed by atoms with E-state index in [1.807, 2.05) is 24.3 Å². The van der Waals surface area contributed by atoms with Crippen LogP contribution < -0.4 is 9.64 Å². The number of nitrogens with zero attached hydrogens (tertiary/aromatic N) is 4. The molecule has 0 amide bonds. The number of aromatic nitrogens is 2. The highest BCUT2D eigenvalue weighted by Gasteiger charge is 2.28. The van der Waals surface area contributed by atoms with Crippen molar-refractivity contribution >= 4 is 29.1 Å². The van der Waals surface area contributed by atoms with Crippen molar-refractivity contribution in [1.82, 2.24) is 13.6 Å². The van der Waals surface area contributed by atoms with Crippen LogP contribution in [0, 0.1) is 0 Å². The molecular weight excluding hydrogens is 452 g/mol. The van der Waals surface area contributed by atoms with Crippen LogP contribution >= 0.6 is 23.3 Å².